The van der Waals surface area contributed by atoms with Crippen LogP contribution in [0.3, 0.4) is 0 Å². The molecular formula is C21H35NO. The van der Waals surface area contributed by atoms with E-state index in [1.807, 2.05) is 6.92 Å². The van der Waals surface area contributed by atoms with Crippen molar-refractivity contribution in [3.8, 4) is 5.75 Å². The predicted molar refractivity (Wildman–Crippen MR) is 101 cm³/mol. The highest BCUT2D eigenvalue weighted by Gasteiger charge is 2.04. The Hall–Kier alpha value is -1.44. The Kier molecular flexibility index (Phi) is 10.3. The molecular weight excluding hydrogens is 282 g/mol. The van der Waals surface area contributed by atoms with Gasteiger partial charge in [-0.25, -0.2) is 0 Å². The van der Waals surface area contributed by atoms with Crippen molar-refractivity contribution in [2.45, 2.75) is 72.1 Å². The minimum atomic E-state index is 0.726. The molecule has 0 unspecified atom stereocenters. The number of nitrogens with one attached hydrogen (secondary N) is 1. The van der Waals surface area contributed by atoms with Crippen LogP contribution in [-0.4, -0.2) is 13.2 Å². The molecule has 0 spiro atoms. The first kappa shape index (κ1) is 19.6. The van der Waals surface area contributed by atoms with Gasteiger partial charge in [-0.15, -0.1) is 0 Å². The molecule has 0 aromatic heterocycles. The molecule has 1 N–H and O–H groups in total. The van der Waals surface area contributed by atoms with Crippen molar-refractivity contribution in [1.82, 2.24) is 5.32 Å². The summed E-state index contributed by atoms with van der Waals surface area (Å²) in [7, 11) is 0. The molecule has 0 saturated heterocycles. The summed E-state index contributed by atoms with van der Waals surface area (Å²) in [5.74, 6) is 1.04. The molecule has 0 fully saturated rings. The van der Waals surface area contributed by atoms with E-state index in [0.29, 0.717) is 0 Å². The molecule has 2 nitrogen and oxygen atoms in total. The summed E-state index contributed by atoms with van der Waals surface area (Å²) >= 11 is 0. The van der Waals surface area contributed by atoms with Crippen molar-refractivity contribution in [1.29, 1.82) is 0 Å². The first-order valence-electron chi connectivity index (χ1n) is 9.37. The van der Waals surface area contributed by atoms with Gasteiger partial charge in [-0.3, -0.25) is 0 Å². The van der Waals surface area contributed by atoms with Crippen molar-refractivity contribution >= 4 is 0 Å². The van der Waals surface area contributed by atoms with Gasteiger partial charge in [0.15, 0.2) is 0 Å². The number of benzene rings is 1. The first-order valence-corrected chi connectivity index (χ1v) is 9.37. The van der Waals surface area contributed by atoms with Gasteiger partial charge in [-0.1, -0.05) is 58.2 Å². The number of hydrogen-bond donors (Lipinski definition) is 1. The van der Waals surface area contributed by atoms with Crippen LogP contribution in [0.1, 0.15) is 70.4 Å². The third-order valence-corrected chi connectivity index (χ3v) is 4.18. The lowest BCUT2D eigenvalue weighted by Crippen LogP contribution is -2.16. The number of ether oxygens (including phenoxy) is 1. The van der Waals surface area contributed by atoms with Crippen LogP contribution >= 0.6 is 0 Å². The molecule has 0 saturated carbocycles. The number of unbranched alkanes of at least 4 members (excludes halogenated alkanes) is 4. The van der Waals surface area contributed by atoms with Crippen molar-refractivity contribution in [3.63, 3.8) is 0 Å². The second-order valence-corrected chi connectivity index (χ2v) is 6.17. The van der Waals surface area contributed by atoms with E-state index in [9.17, 15) is 0 Å². The highest BCUT2D eigenvalue weighted by Crippen LogP contribution is 2.21. The van der Waals surface area contributed by atoms with Gasteiger partial charge in [0.1, 0.15) is 5.75 Å². The van der Waals surface area contributed by atoms with Crippen molar-refractivity contribution in [2.75, 3.05) is 13.2 Å². The molecule has 23 heavy (non-hydrogen) atoms. The quantitative estimate of drug-likeness (QED) is 0.474. The lowest BCUT2D eigenvalue weighted by Gasteiger charge is -2.12. The SMILES string of the molecule is C=C(CCCCCCC)NCCc1ccc(CC)c(OCC)c1. The van der Waals surface area contributed by atoms with E-state index in [2.05, 4.69) is 43.9 Å². The zero-order valence-corrected chi connectivity index (χ0v) is 15.4. The molecule has 0 aliphatic carbocycles. The minimum absolute atomic E-state index is 0.726. The summed E-state index contributed by atoms with van der Waals surface area (Å²) in [5, 5.41) is 3.47. The number of hydrogen-bond acceptors (Lipinski definition) is 2. The third kappa shape index (κ3) is 8.11. The Balaban J connectivity index is 2.29. The molecule has 0 aliphatic heterocycles. The maximum atomic E-state index is 5.74. The number of aryl methyl sites for hydroxylation is 1. The first-order chi connectivity index (χ1) is 11.2. The van der Waals surface area contributed by atoms with Crippen molar-refractivity contribution < 1.29 is 4.74 Å². The zero-order valence-electron chi connectivity index (χ0n) is 15.4. The lowest BCUT2D eigenvalue weighted by molar-refractivity contribution is 0.336. The van der Waals surface area contributed by atoms with Gasteiger partial charge in [0.25, 0.3) is 0 Å². The monoisotopic (exact) mass is 317 g/mol. The van der Waals surface area contributed by atoms with E-state index in [0.717, 1.165) is 38.2 Å². The molecule has 2 heteroatoms. The van der Waals surface area contributed by atoms with Gasteiger partial charge in [0.05, 0.1) is 6.61 Å². The van der Waals surface area contributed by atoms with E-state index in [4.69, 9.17) is 4.74 Å². The smallest absolute Gasteiger partial charge is 0.122 e. The highest BCUT2D eigenvalue weighted by atomic mass is 16.5. The second kappa shape index (κ2) is 12.0. The molecule has 0 aliphatic rings. The van der Waals surface area contributed by atoms with Crippen LogP contribution in [-0.2, 0) is 12.8 Å². The van der Waals surface area contributed by atoms with Crippen LogP contribution in [0.2, 0.25) is 0 Å². The van der Waals surface area contributed by atoms with E-state index in [-0.39, 0.29) is 0 Å². The highest BCUT2D eigenvalue weighted by molar-refractivity contribution is 5.37. The maximum Gasteiger partial charge on any atom is 0.122 e. The zero-order chi connectivity index (χ0) is 16.9. The fourth-order valence-electron chi connectivity index (χ4n) is 2.75. The Labute approximate surface area is 143 Å². The van der Waals surface area contributed by atoms with Crippen molar-refractivity contribution in [3.05, 3.63) is 41.6 Å². The third-order valence-electron chi connectivity index (χ3n) is 4.18. The second-order valence-electron chi connectivity index (χ2n) is 6.17. The maximum absolute atomic E-state index is 5.74. The van der Waals surface area contributed by atoms with Crippen LogP contribution in [0.5, 0.6) is 5.75 Å². The molecule has 1 aromatic carbocycles. The number of allylic oxidation sites excluding steroid dienone is 1. The standard InChI is InChI=1S/C21H35NO/c1-5-8-9-10-11-12-18(4)22-16-15-19-13-14-20(6-2)21(17-19)23-7-3/h13-14,17,22H,4-12,15-16H2,1-3H3. The summed E-state index contributed by atoms with van der Waals surface area (Å²) in [5.41, 5.74) is 3.80. The summed E-state index contributed by atoms with van der Waals surface area (Å²) in [6.45, 7) is 12.3. The van der Waals surface area contributed by atoms with Crippen molar-refractivity contribution in [2.24, 2.45) is 0 Å². The van der Waals surface area contributed by atoms with Gasteiger partial charge < -0.3 is 10.1 Å². The van der Waals surface area contributed by atoms with E-state index < -0.39 is 0 Å². The topological polar surface area (TPSA) is 21.3 Å². The average Bonchev–Trinajstić information content (AvgIpc) is 2.55. The Morgan fingerprint density at radius 2 is 1.87 bits per heavy atom. The van der Waals surface area contributed by atoms with Crippen LogP contribution < -0.4 is 10.1 Å². The van der Waals surface area contributed by atoms with E-state index in [1.54, 1.807) is 0 Å². The van der Waals surface area contributed by atoms with Crippen LogP contribution in [0.15, 0.2) is 30.5 Å². The van der Waals surface area contributed by atoms with Crippen LogP contribution in [0, 0.1) is 0 Å². The average molecular weight is 318 g/mol. The summed E-state index contributed by atoms with van der Waals surface area (Å²) in [6, 6.07) is 6.61. The van der Waals surface area contributed by atoms with Gasteiger partial charge >= 0.3 is 0 Å². The molecule has 0 amide bonds. The molecule has 0 heterocycles. The lowest BCUT2D eigenvalue weighted by atomic mass is 10.1. The molecule has 0 radical (unpaired) electrons. The van der Waals surface area contributed by atoms with Gasteiger partial charge in [-0.05, 0) is 49.8 Å². The number of rotatable bonds is 13. The fraction of sp³-hybridized carbons (Fsp3) is 0.619. The normalized spacial score (nSPS) is 10.6. The summed E-state index contributed by atoms with van der Waals surface area (Å²) < 4.78 is 5.74. The molecule has 0 atom stereocenters. The fourth-order valence-corrected chi connectivity index (χ4v) is 2.75. The van der Waals surface area contributed by atoms with Crippen LogP contribution in [0.4, 0.5) is 0 Å². The van der Waals surface area contributed by atoms with E-state index >= 15 is 0 Å². The minimum Gasteiger partial charge on any atom is -0.494 e. The van der Waals surface area contributed by atoms with Gasteiger partial charge in [0, 0.05) is 12.2 Å². The Morgan fingerprint density at radius 3 is 2.57 bits per heavy atom. The predicted octanol–water partition coefficient (Wildman–Crippen LogP) is 5.65. The largest absolute Gasteiger partial charge is 0.494 e. The molecule has 0 bridgehead atoms. The van der Waals surface area contributed by atoms with Gasteiger partial charge in [-0.2, -0.15) is 0 Å². The summed E-state index contributed by atoms with van der Waals surface area (Å²) in [4.78, 5) is 0. The molecule has 1 aromatic rings. The van der Waals surface area contributed by atoms with E-state index in [1.165, 1.54) is 48.9 Å². The molecule has 130 valence electrons. The van der Waals surface area contributed by atoms with Gasteiger partial charge in [0.2, 0.25) is 0 Å². The Bertz CT molecular complexity index is 453. The summed E-state index contributed by atoms with van der Waals surface area (Å²) in [6.07, 6.45) is 9.73. The Morgan fingerprint density at radius 1 is 1.09 bits per heavy atom. The molecule has 1 rings (SSSR count). The van der Waals surface area contributed by atoms with Crippen LogP contribution in [0.25, 0.3) is 0 Å².